The van der Waals surface area contributed by atoms with Crippen LogP contribution < -0.4 is 4.74 Å². The first-order valence-electron chi connectivity index (χ1n) is 8.02. The van der Waals surface area contributed by atoms with Crippen molar-refractivity contribution in [3.63, 3.8) is 0 Å². The molecule has 4 heteroatoms. The molecule has 116 valence electrons. The molecule has 1 heterocycles. The lowest BCUT2D eigenvalue weighted by Crippen LogP contribution is -2.52. The van der Waals surface area contributed by atoms with Crippen molar-refractivity contribution in [2.75, 3.05) is 32.9 Å². The number of aliphatic hydroxyl groups excluding tert-OH is 1. The Morgan fingerprint density at radius 3 is 2.86 bits per heavy atom. The van der Waals surface area contributed by atoms with Gasteiger partial charge in [0.2, 0.25) is 0 Å². The Bertz CT molecular complexity index is 425. The van der Waals surface area contributed by atoms with E-state index in [4.69, 9.17) is 9.47 Å². The number of benzene rings is 1. The molecule has 1 aromatic carbocycles. The molecule has 3 unspecified atom stereocenters. The van der Waals surface area contributed by atoms with Crippen molar-refractivity contribution in [1.82, 2.24) is 4.90 Å². The maximum atomic E-state index is 10.1. The van der Waals surface area contributed by atoms with Gasteiger partial charge in [0.25, 0.3) is 0 Å². The van der Waals surface area contributed by atoms with Crippen molar-refractivity contribution < 1.29 is 14.6 Å². The Labute approximate surface area is 126 Å². The van der Waals surface area contributed by atoms with Crippen LogP contribution in [-0.2, 0) is 4.74 Å². The minimum absolute atomic E-state index is 0.158. The number of nitrogens with zero attached hydrogens (tertiary/aromatic N) is 1. The summed E-state index contributed by atoms with van der Waals surface area (Å²) in [7, 11) is 0. The second-order valence-corrected chi connectivity index (χ2v) is 6.00. The van der Waals surface area contributed by atoms with Gasteiger partial charge in [-0.15, -0.1) is 0 Å². The van der Waals surface area contributed by atoms with Crippen LogP contribution in [0.15, 0.2) is 30.3 Å². The SMILES string of the molecule is OC1CCCC1C1COCCN1CCOc1ccccc1. The van der Waals surface area contributed by atoms with Gasteiger partial charge in [0.1, 0.15) is 12.4 Å². The van der Waals surface area contributed by atoms with E-state index < -0.39 is 0 Å². The molecule has 1 aromatic rings. The van der Waals surface area contributed by atoms with Gasteiger partial charge in [-0.25, -0.2) is 0 Å². The Balaban J connectivity index is 1.52. The highest BCUT2D eigenvalue weighted by Gasteiger charge is 2.37. The number of ether oxygens (including phenoxy) is 2. The molecule has 3 rings (SSSR count). The molecule has 0 aromatic heterocycles. The number of morpholine rings is 1. The molecule has 0 bridgehead atoms. The fourth-order valence-corrected chi connectivity index (χ4v) is 3.54. The van der Waals surface area contributed by atoms with E-state index in [0.717, 1.165) is 51.3 Å². The standard InChI is InChI=1S/C17H25NO3/c19-17-8-4-7-15(17)16-13-20-11-9-18(16)10-12-21-14-5-2-1-3-6-14/h1-3,5-6,15-17,19H,4,7-13H2. The molecule has 0 spiro atoms. The van der Waals surface area contributed by atoms with Gasteiger partial charge in [-0.3, -0.25) is 4.90 Å². The van der Waals surface area contributed by atoms with E-state index in [0.29, 0.717) is 18.6 Å². The number of rotatable bonds is 5. The quantitative estimate of drug-likeness (QED) is 0.900. The van der Waals surface area contributed by atoms with Gasteiger partial charge >= 0.3 is 0 Å². The summed E-state index contributed by atoms with van der Waals surface area (Å²) in [6.07, 6.45) is 3.03. The van der Waals surface area contributed by atoms with E-state index >= 15 is 0 Å². The van der Waals surface area contributed by atoms with Crippen LogP contribution in [0, 0.1) is 5.92 Å². The molecule has 3 atom stereocenters. The van der Waals surface area contributed by atoms with Gasteiger partial charge in [-0.05, 0) is 25.0 Å². The molecule has 1 saturated heterocycles. The molecular formula is C17H25NO3. The number of hydrogen-bond donors (Lipinski definition) is 1. The third-order valence-electron chi connectivity index (χ3n) is 4.70. The Hall–Kier alpha value is -1.10. The van der Waals surface area contributed by atoms with Crippen LogP contribution in [0.5, 0.6) is 5.75 Å². The molecule has 2 fully saturated rings. The molecule has 4 nitrogen and oxygen atoms in total. The minimum Gasteiger partial charge on any atom is -0.492 e. The number of aliphatic hydroxyl groups is 1. The van der Waals surface area contributed by atoms with Gasteiger partial charge in [0.05, 0.1) is 19.3 Å². The highest BCUT2D eigenvalue weighted by molar-refractivity contribution is 5.20. The summed E-state index contributed by atoms with van der Waals surface area (Å²) in [4.78, 5) is 2.44. The van der Waals surface area contributed by atoms with Crippen LogP contribution in [0.25, 0.3) is 0 Å². The van der Waals surface area contributed by atoms with Crippen LogP contribution in [-0.4, -0.2) is 55.1 Å². The maximum Gasteiger partial charge on any atom is 0.119 e. The first-order valence-corrected chi connectivity index (χ1v) is 8.02. The lowest BCUT2D eigenvalue weighted by Gasteiger charge is -2.40. The minimum atomic E-state index is -0.158. The predicted octanol–water partition coefficient (Wildman–Crippen LogP) is 1.93. The first kappa shape index (κ1) is 14.8. The second-order valence-electron chi connectivity index (χ2n) is 6.00. The molecule has 21 heavy (non-hydrogen) atoms. The Morgan fingerprint density at radius 2 is 2.10 bits per heavy atom. The zero-order valence-electron chi connectivity index (χ0n) is 12.5. The zero-order chi connectivity index (χ0) is 14.5. The topological polar surface area (TPSA) is 41.9 Å². The zero-order valence-corrected chi connectivity index (χ0v) is 12.5. The van der Waals surface area contributed by atoms with Crippen molar-refractivity contribution in [2.24, 2.45) is 5.92 Å². The fraction of sp³-hybridized carbons (Fsp3) is 0.647. The average Bonchev–Trinajstić information content (AvgIpc) is 2.95. The second kappa shape index (κ2) is 7.25. The average molecular weight is 291 g/mol. The lowest BCUT2D eigenvalue weighted by atomic mass is 9.94. The third kappa shape index (κ3) is 3.76. The van der Waals surface area contributed by atoms with E-state index in [-0.39, 0.29) is 6.10 Å². The van der Waals surface area contributed by atoms with Crippen molar-refractivity contribution in [3.05, 3.63) is 30.3 Å². The summed E-state index contributed by atoms with van der Waals surface area (Å²) < 4.78 is 11.4. The third-order valence-corrected chi connectivity index (χ3v) is 4.70. The highest BCUT2D eigenvalue weighted by Crippen LogP contribution is 2.32. The summed E-state index contributed by atoms with van der Waals surface area (Å²) in [5.41, 5.74) is 0. The molecule has 0 amide bonds. The van der Waals surface area contributed by atoms with Gasteiger partial charge < -0.3 is 14.6 Å². The summed E-state index contributed by atoms with van der Waals surface area (Å²) in [6.45, 7) is 4.04. The Morgan fingerprint density at radius 1 is 1.24 bits per heavy atom. The summed E-state index contributed by atoms with van der Waals surface area (Å²) in [6, 6.07) is 10.3. The van der Waals surface area contributed by atoms with Crippen molar-refractivity contribution in [1.29, 1.82) is 0 Å². The smallest absolute Gasteiger partial charge is 0.119 e. The molecule has 1 aliphatic heterocycles. The first-order chi connectivity index (χ1) is 10.3. The monoisotopic (exact) mass is 291 g/mol. The van der Waals surface area contributed by atoms with E-state index in [1.165, 1.54) is 0 Å². The fourth-order valence-electron chi connectivity index (χ4n) is 3.54. The van der Waals surface area contributed by atoms with E-state index in [2.05, 4.69) is 4.90 Å². The normalized spacial score (nSPS) is 30.4. The highest BCUT2D eigenvalue weighted by atomic mass is 16.5. The van der Waals surface area contributed by atoms with Crippen molar-refractivity contribution in [2.45, 2.75) is 31.4 Å². The molecular weight excluding hydrogens is 266 g/mol. The molecule has 0 radical (unpaired) electrons. The van der Waals surface area contributed by atoms with Gasteiger partial charge in [0.15, 0.2) is 0 Å². The molecule has 1 saturated carbocycles. The maximum absolute atomic E-state index is 10.1. The molecule has 1 aliphatic carbocycles. The predicted molar refractivity (Wildman–Crippen MR) is 81.5 cm³/mol. The van der Waals surface area contributed by atoms with Crippen molar-refractivity contribution >= 4 is 0 Å². The largest absolute Gasteiger partial charge is 0.492 e. The summed E-state index contributed by atoms with van der Waals surface area (Å²) >= 11 is 0. The summed E-state index contributed by atoms with van der Waals surface area (Å²) in [5, 5.41) is 10.1. The van der Waals surface area contributed by atoms with Crippen LogP contribution in [0.1, 0.15) is 19.3 Å². The van der Waals surface area contributed by atoms with Crippen LogP contribution in [0.2, 0.25) is 0 Å². The number of hydrogen-bond acceptors (Lipinski definition) is 4. The van der Waals surface area contributed by atoms with Crippen molar-refractivity contribution in [3.8, 4) is 5.75 Å². The van der Waals surface area contributed by atoms with E-state index in [1.807, 2.05) is 30.3 Å². The van der Waals surface area contributed by atoms with E-state index in [9.17, 15) is 5.11 Å². The van der Waals surface area contributed by atoms with Crippen LogP contribution in [0.4, 0.5) is 0 Å². The van der Waals surface area contributed by atoms with E-state index in [1.54, 1.807) is 0 Å². The number of para-hydroxylation sites is 1. The molecule has 1 N–H and O–H groups in total. The lowest BCUT2D eigenvalue weighted by molar-refractivity contribution is -0.0532. The van der Waals surface area contributed by atoms with Crippen LogP contribution >= 0.6 is 0 Å². The van der Waals surface area contributed by atoms with Gasteiger partial charge in [-0.2, -0.15) is 0 Å². The van der Waals surface area contributed by atoms with Gasteiger partial charge in [-0.1, -0.05) is 24.6 Å². The van der Waals surface area contributed by atoms with Crippen LogP contribution in [0.3, 0.4) is 0 Å². The summed E-state index contributed by atoms with van der Waals surface area (Å²) in [5.74, 6) is 1.28. The molecule has 2 aliphatic rings. The Kier molecular flexibility index (Phi) is 5.12. The van der Waals surface area contributed by atoms with Gasteiger partial charge in [0, 0.05) is 25.0 Å².